The van der Waals surface area contributed by atoms with Crippen molar-refractivity contribution in [2.75, 3.05) is 0 Å². The van der Waals surface area contributed by atoms with Crippen LogP contribution in [-0.4, -0.2) is 13.0 Å². The second kappa shape index (κ2) is 8.02. The van der Waals surface area contributed by atoms with Crippen molar-refractivity contribution in [3.8, 4) is 0 Å². The van der Waals surface area contributed by atoms with Crippen LogP contribution in [0.2, 0.25) is 0 Å². The molecule has 5 aromatic rings. The molecule has 5 rings (SSSR count). The van der Waals surface area contributed by atoms with Crippen molar-refractivity contribution in [1.29, 1.82) is 0 Å². The van der Waals surface area contributed by atoms with E-state index in [1.807, 2.05) is 61.5 Å². The summed E-state index contributed by atoms with van der Waals surface area (Å²) in [6.45, 7) is 1.93. The van der Waals surface area contributed by atoms with E-state index in [1.165, 1.54) is 0 Å². The first-order valence-corrected chi connectivity index (χ1v) is 11.9. The van der Waals surface area contributed by atoms with Crippen molar-refractivity contribution < 1.29 is 8.42 Å². The van der Waals surface area contributed by atoms with Crippen molar-refractivity contribution in [2.45, 2.75) is 11.8 Å². The monoisotopic (exact) mass is 438 g/mol. The van der Waals surface area contributed by atoms with Crippen molar-refractivity contribution in [3.05, 3.63) is 120 Å². The Labute approximate surface area is 187 Å². The molecule has 0 amide bonds. The lowest BCUT2D eigenvalue weighted by molar-refractivity contribution is 0.590. The Kier molecular flexibility index (Phi) is 5.04. The van der Waals surface area contributed by atoms with Gasteiger partial charge in [0.05, 0.1) is 21.6 Å². The molecule has 0 spiro atoms. The molecule has 0 aliphatic carbocycles. The SMILES string of the molecule is Cc1ccc(S(=O)(=O)N/C=C(\c2ccccc2)n2c3ccccc3c3ccccc32)cc1. The van der Waals surface area contributed by atoms with Crippen LogP contribution in [0.4, 0.5) is 0 Å². The summed E-state index contributed by atoms with van der Waals surface area (Å²) >= 11 is 0. The molecule has 0 aliphatic heterocycles. The lowest BCUT2D eigenvalue weighted by Gasteiger charge is -2.14. The standard InChI is InChI=1S/C27H22N2O2S/c1-20-15-17-22(18-16-20)32(30,31)28-19-27(21-9-3-2-4-10-21)29-25-13-7-5-11-23(25)24-12-6-8-14-26(24)29/h2-19,28H,1H3/b27-19+. The normalized spacial score (nSPS) is 12.3. The van der Waals surface area contributed by atoms with Gasteiger partial charge in [-0.1, -0.05) is 84.4 Å². The molecule has 0 saturated carbocycles. The minimum atomic E-state index is -3.72. The van der Waals surface area contributed by atoms with Crippen LogP contribution in [-0.2, 0) is 10.0 Å². The van der Waals surface area contributed by atoms with Crippen LogP contribution in [0.15, 0.2) is 114 Å². The summed E-state index contributed by atoms with van der Waals surface area (Å²) in [5.74, 6) is 0. The van der Waals surface area contributed by atoms with Gasteiger partial charge in [0.1, 0.15) is 0 Å². The van der Waals surface area contributed by atoms with Crippen molar-refractivity contribution in [2.24, 2.45) is 0 Å². The highest BCUT2D eigenvalue weighted by atomic mass is 32.2. The Hall–Kier alpha value is -3.83. The Morgan fingerprint density at radius 2 is 1.25 bits per heavy atom. The molecule has 5 heteroatoms. The molecule has 0 bridgehead atoms. The number of aromatic nitrogens is 1. The number of nitrogens with one attached hydrogen (secondary N) is 1. The van der Waals surface area contributed by atoms with E-state index in [1.54, 1.807) is 30.5 Å². The summed E-state index contributed by atoms with van der Waals surface area (Å²) < 4.78 is 30.8. The predicted octanol–water partition coefficient (Wildman–Crippen LogP) is 5.93. The second-order valence-corrected chi connectivity index (χ2v) is 9.41. The Morgan fingerprint density at radius 1 is 0.719 bits per heavy atom. The molecule has 0 aliphatic rings. The van der Waals surface area contributed by atoms with E-state index in [4.69, 9.17) is 0 Å². The first-order chi connectivity index (χ1) is 15.5. The van der Waals surface area contributed by atoms with E-state index >= 15 is 0 Å². The molecule has 1 heterocycles. The predicted molar refractivity (Wildman–Crippen MR) is 131 cm³/mol. The number of fused-ring (bicyclic) bond motifs is 3. The minimum absolute atomic E-state index is 0.231. The zero-order valence-electron chi connectivity index (χ0n) is 17.6. The molecule has 0 unspecified atom stereocenters. The number of para-hydroxylation sites is 2. The highest BCUT2D eigenvalue weighted by Crippen LogP contribution is 2.33. The third-order valence-electron chi connectivity index (χ3n) is 5.57. The Balaban J connectivity index is 1.72. The van der Waals surface area contributed by atoms with Crippen LogP contribution in [0.1, 0.15) is 11.1 Å². The first kappa shape index (κ1) is 20.1. The molecule has 1 N–H and O–H groups in total. The fraction of sp³-hybridized carbons (Fsp3) is 0.0370. The van der Waals surface area contributed by atoms with Gasteiger partial charge in [-0.25, -0.2) is 8.42 Å². The van der Waals surface area contributed by atoms with E-state index in [2.05, 4.69) is 33.6 Å². The topological polar surface area (TPSA) is 51.1 Å². The van der Waals surface area contributed by atoms with E-state index in [9.17, 15) is 8.42 Å². The largest absolute Gasteiger partial charge is 0.307 e. The van der Waals surface area contributed by atoms with Crippen LogP contribution < -0.4 is 4.72 Å². The summed E-state index contributed by atoms with van der Waals surface area (Å²) in [7, 11) is -3.72. The fourth-order valence-corrected chi connectivity index (χ4v) is 4.88. The minimum Gasteiger partial charge on any atom is -0.307 e. The molecular formula is C27H22N2O2S. The number of hydrogen-bond acceptors (Lipinski definition) is 2. The van der Waals surface area contributed by atoms with Crippen molar-refractivity contribution in [3.63, 3.8) is 0 Å². The lowest BCUT2D eigenvalue weighted by atomic mass is 10.1. The lowest BCUT2D eigenvalue weighted by Crippen LogP contribution is -2.19. The van der Waals surface area contributed by atoms with Crippen molar-refractivity contribution in [1.82, 2.24) is 9.29 Å². The molecule has 0 fully saturated rings. The number of hydrogen-bond donors (Lipinski definition) is 1. The summed E-state index contributed by atoms with van der Waals surface area (Å²) in [6.07, 6.45) is 1.59. The molecule has 158 valence electrons. The van der Waals surface area contributed by atoms with E-state index < -0.39 is 10.0 Å². The maximum atomic E-state index is 13.0. The molecule has 1 aromatic heterocycles. The smallest absolute Gasteiger partial charge is 0.261 e. The highest BCUT2D eigenvalue weighted by molar-refractivity contribution is 7.89. The van der Waals surface area contributed by atoms with Gasteiger partial charge in [0.15, 0.2) is 0 Å². The van der Waals surface area contributed by atoms with Gasteiger partial charge < -0.3 is 4.57 Å². The Morgan fingerprint density at radius 3 is 1.84 bits per heavy atom. The third kappa shape index (κ3) is 3.57. The van der Waals surface area contributed by atoms with Crippen LogP contribution in [0.5, 0.6) is 0 Å². The number of sulfonamides is 1. The second-order valence-electron chi connectivity index (χ2n) is 7.70. The summed E-state index contributed by atoms with van der Waals surface area (Å²) in [4.78, 5) is 0.231. The van der Waals surface area contributed by atoms with Gasteiger partial charge in [0.2, 0.25) is 0 Å². The van der Waals surface area contributed by atoms with Crippen LogP contribution in [0.3, 0.4) is 0 Å². The van der Waals surface area contributed by atoms with Gasteiger partial charge in [0, 0.05) is 22.5 Å². The van der Waals surface area contributed by atoms with Crippen LogP contribution in [0.25, 0.3) is 27.5 Å². The summed E-state index contributed by atoms with van der Waals surface area (Å²) in [5, 5.41) is 2.23. The molecule has 0 radical (unpaired) electrons. The quantitative estimate of drug-likeness (QED) is 0.370. The fourth-order valence-electron chi connectivity index (χ4n) is 3.99. The number of benzene rings is 4. The van der Waals surface area contributed by atoms with Gasteiger partial charge in [-0.3, -0.25) is 4.72 Å². The zero-order chi connectivity index (χ0) is 22.1. The maximum Gasteiger partial charge on any atom is 0.261 e. The van der Waals surface area contributed by atoms with Gasteiger partial charge in [-0.05, 0) is 31.2 Å². The van der Waals surface area contributed by atoms with Gasteiger partial charge >= 0.3 is 0 Å². The number of nitrogens with zero attached hydrogens (tertiary/aromatic N) is 1. The molecule has 0 atom stereocenters. The molecule has 32 heavy (non-hydrogen) atoms. The van der Waals surface area contributed by atoms with Gasteiger partial charge in [-0.2, -0.15) is 0 Å². The van der Waals surface area contributed by atoms with Crippen LogP contribution >= 0.6 is 0 Å². The third-order valence-corrected chi connectivity index (χ3v) is 6.89. The average Bonchev–Trinajstić information content (AvgIpc) is 3.15. The molecular weight excluding hydrogens is 416 g/mol. The number of aryl methyl sites for hydroxylation is 1. The molecule has 4 nitrogen and oxygen atoms in total. The van der Waals surface area contributed by atoms with E-state index in [-0.39, 0.29) is 4.90 Å². The van der Waals surface area contributed by atoms with Crippen LogP contribution in [0, 0.1) is 6.92 Å². The van der Waals surface area contributed by atoms with E-state index in [0.717, 1.165) is 38.6 Å². The van der Waals surface area contributed by atoms with Crippen molar-refractivity contribution >= 4 is 37.5 Å². The maximum absolute atomic E-state index is 13.0. The van der Waals surface area contributed by atoms with Gasteiger partial charge in [-0.15, -0.1) is 0 Å². The van der Waals surface area contributed by atoms with Gasteiger partial charge in [0.25, 0.3) is 10.0 Å². The highest BCUT2D eigenvalue weighted by Gasteiger charge is 2.17. The molecule has 0 saturated heterocycles. The van der Waals surface area contributed by atoms with E-state index in [0.29, 0.717) is 0 Å². The number of rotatable bonds is 5. The summed E-state index contributed by atoms with van der Waals surface area (Å²) in [5.41, 5.74) is 4.69. The average molecular weight is 439 g/mol. The Bertz CT molecular complexity index is 1500. The molecule has 4 aromatic carbocycles. The first-order valence-electron chi connectivity index (χ1n) is 10.4. The zero-order valence-corrected chi connectivity index (χ0v) is 18.4. The summed E-state index contributed by atoms with van der Waals surface area (Å²) in [6, 6.07) is 33.0.